The molecule has 0 unspecified atom stereocenters. The van der Waals surface area contributed by atoms with Gasteiger partial charge in [0.25, 0.3) is 0 Å². The Kier molecular flexibility index (Phi) is 16.7. The molecule has 0 aliphatic carbocycles. The van der Waals surface area contributed by atoms with Crippen molar-refractivity contribution in [3.05, 3.63) is 12.2 Å². The number of amides is 1. The van der Waals surface area contributed by atoms with E-state index >= 15 is 0 Å². The van der Waals surface area contributed by atoms with E-state index in [1.807, 2.05) is 0 Å². The monoisotopic (exact) mass is 469 g/mol. The highest BCUT2D eigenvalue weighted by Gasteiger charge is 2.45. The van der Waals surface area contributed by atoms with Crippen LogP contribution < -0.4 is 0 Å². The number of likely N-dealkylation sites (tertiary alicyclic amines) is 1. The van der Waals surface area contributed by atoms with E-state index in [9.17, 15) is 9.59 Å². The van der Waals surface area contributed by atoms with Crippen LogP contribution in [0.15, 0.2) is 12.2 Å². The number of allylic oxidation sites excluding steroid dienone is 2. The van der Waals surface area contributed by atoms with Crippen LogP contribution in [-0.4, -0.2) is 53.3 Å². The number of nitrogens with zero attached hydrogens (tertiary/aromatic N) is 1. The van der Waals surface area contributed by atoms with E-state index in [4.69, 9.17) is 9.84 Å². The van der Waals surface area contributed by atoms with Gasteiger partial charge in [-0.3, -0.25) is 4.79 Å². The average Bonchev–Trinajstić information content (AvgIpc) is 2.73. The van der Waals surface area contributed by atoms with Crippen LogP contribution in [-0.2, 0) is 9.53 Å². The van der Waals surface area contributed by atoms with Gasteiger partial charge in [0.2, 0.25) is 0 Å². The van der Waals surface area contributed by atoms with Gasteiger partial charge in [-0.25, -0.2) is 4.79 Å². The first-order valence-electron chi connectivity index (χ1n) is 12.8. The molecule has 0 aromatic carbocycles. The Bertz CT molecular complexity index is 526. The molecule has 0 spiro atoms. The molecule has 1 aliphatic rings. The second-order valence-corrected chi connectivity index (χ2v) is 10.6. The number of ether oxygens (including phenoxy) is 1. The van der Waals surface area contributed by atoms with E-state index in [-0.39, 0.29) is 10.5 Å². The summed E-state index contributed by atoms with van der Waals surface area (Å²) in [6.07, 6.45) is 21.9. The van der Waals surface area contributed by atoms with Gasteiger partial charge in [0, 0.05) is 37.8 Å². The summed E-state index contributed by atoms with van der Waals surface area (Å²) in [6.45, 7) is 6.02. The van der Waals surface area contributed by atoms with Gasteiger partial charge in [0.15, 0.2) is 5.12 Å². The summed E-state index contributed by atoms with van der Waals surface area (Å²) in [5.41, 5.74) is -0.197. The van der Waals surface area contributed by atoms with Crippen molar-refractivity contribution < 1.29 is 19.4 Å². The minimum absolute atomic E-state index is 0.0754. The Morgan fingerprint density at radius 1 is 0.906 bits per heavy atom. The van der Waals surface area contributed by atoms with Crippen molar-refractivity contribution in [2.75, 3.05) is 32.1 Å². The standard InChI is InChI=1S/C26H47NO4S/c1-3-4-5-6-7-8-9-10-11-12-13-14-15-16-17-18-19-31-22-26(23-32-24(2)28)20-27(21-26)25(29)30/h10-11H,3-9,12-23H2,1-2H3,(H,29,30)/b11-10-. The first-order chi connectivity index (χ1) is 15.5. The largest absolute Gasteiger partial charge is 0.465 e. The molecule has 0 bridgehead atoms. The van der Waals surface area contributed by atoms with Gasteiger partial charge in [0.05, 0.1) is 6.61 Å². The first-order valence-corrected chi connectivity index (χ1v) is 13.8. The third-order valence-electron chi connectivity index (χ3n) is 6.11. The summed E-state index contributed by atoms with van der Waals surface area (Å²) in [7, 11) is 0. The topological polar surface area (TPSA) is 66.8 Å². The zero-order valence-corrected chi connectivity index (χ0v) is 21.4. The molecule has 0 atom stereocenters. The Morgan fingerprint density at radius 3 is 1.97 bits per heavy atom. The summed E-state index contributed by atoms with van der Waals surface area (Å²) < 4.78 is 5.87. The van der Waals surface area contributed by atoms with Crippen LogP contribution in [0.2, 0.25) is 0 Å². The van der Waals surface area contributed by atoms with E-state index in [0.717, 1.165) is 13.0 Å². The van der Waals surface area contributed by atoms with Gasteiger partial charge >= 0.3 is 6.09 Å². The van der Waals surface area contributed by atoms with Gasteiger partial charge < -0.3 is 14.7 Å². The van der Waals surface area contributed by atoms with Crippen molar-refractivity contribution in [3.8, 4) is 0 Å². The molecule has 0 saturated carbocycles. The Morgan fingerprint density at radius 2 is 1.44 bits per heavy atom. The number of hydrogen-bond acceptors (Lipinski definition) is 4. The first kappa shape index (κ1) is 29.0. The second-order valence-electron chi connectivity index (χ2n) is 9.41. The predicted octanol–water partition coefficient (Wildman–Crippen LogP) is 7.30. The quantitative estimate of drug-likeness (QED) is 0.150. The zero-order valence-electron chi connectivity index (χ0n) is 20.6. The fourth-order valence-corrected chi connectivity index (χ4v) is 4.89. The Labute approximate surface area is 200 Å². The van der Waals surface area contributed by atoms with Crippen LogP contribution in [0.25, 0.3) is 0 Å². The van der Waals surface area contributed by atoms with Crippen LogP contribution in [0.5, 0.6) is 0 Å². The molecule has 1 saturated heterocycles. The highest BCUT2D eigenvalue weighted by Crippen LogP contribution is 2.34. The predicted molar refractivity (Wildman–Crippen MR) is 135 cm³/mol. The van der Waals surface area contributed by atoms with Crippen molar-refractivity contribution in [2.24, 2.45) is 5.41 Å². The third-order valence-corrected chi connectivity index (χ3v) is 7.28. The van der Waals surface area contributed by atoms with Crippen LogP contribution in [0.3, 0.4) is 0 Å². The van der Waals surface area contributed by atoms with Gasteiger partial charge in [-0.2, -0.15) is 0 Å². The molecule has 1 amide bonds. The summed E-state index contributed by atoms with van der Waals surface area (Å²) in [4.78, 5) is 23.7. The highest BCUT2D eigenvalue weighted by molar-refractivity contribution is 8.13. The SMILES string of the molecule is CCCCCCCC/C=C\CCCCCCCCOCC1(CSC(C)=O)CN(C(=O)O)C1. The van der Waals surface area contributed by atoms with Crippen molar-refractivity contribution in [3.63, 3.8) is 0 Å². The molecule has 186 valence electrons. The molecule has 6 heteroatoms. The molecular formula is C26H47NO4S. The number of rotatable bonds is 20. The number of thioether (sulfide) groups is 1. The molecule has 1 rings (SSSR count). The fraction of sp³-hybridized carbons (Fsp3) is 0.846. The highest BCUT2D eigenvalue weighted by atomic mass is 32.2. The van der Waals surface area contributed by atoms with E-state index in [1.165, 1.54) is 100 Å². The van der Waals surface area contributed by atoms with Crippen LogP contribution in [0.1, 0.15) is 104 Å². The molecule has 1 fully saturated rings. The molecule has 0 aromatic rings. The van der Waals surface area contributed by atoms with Crippen LogP contribution in [0.4, 0.5) is 4.79 Å². The maximum absolute atomic E-state index is 11.3. The number of carbonyl (C=O) groups excluding carboxylic acids is 1. The van der Waals surface area contributed by atoms with Crippen molar-refractivity contribution in [2.45, 2.75) is 104 Å². The van der Waals surface area contributed by atoms with Gasteiger partial charge in [-0.05, 0) is 32.1 Å². The van der Waals surface area contributed by atoms with Gasteiger partial charge in [-0.15, -0.1) is 0 Å². The van der Waals surface area contributed by atoms with Crippen molar-refractivity contribution >= 4 is 23.0 Å². The lowest BCUT2D eigenvalue weighted by Gasteiger charge is -2.48. The van der Waals surface area contributed by atoms with E-state index in [2.05, 4.69) is 19.1 Å². The Balaban J connectivity index is 1.92. The van der Waals surface area contributed by atoms with Crippen molar-refractivity contribution in [1.82, 2.24) is 4.90 Å². The summed E-state index contributed by atoms with van der Waals surface area (Å²) in [6, 6.07) is 0. The third kappa shape index (κ3) is 14.2. The summed E-state index contributed by atoms with van der Waals surface area (Å²) >= 11 is 1.27. The fourth-order valence-electron chi connectivity index (χ4n) is 4.12. The van der Waals surface area contributed by atoms with E-state index < -0.39 is 6.09 Å². The molecule has 1 heterocycles. The molecule has 0 aromatic heterocycles. The van der Waals surface area contributed by atoms with E-state index in [1.54, 1.807) is 6.92 Å². The van der Waals surface area contributed by atoms with Gasteiger partial charge in [0.1, 0.15) is 0 Å². The maximum Gasteiger partial charge on any atom is 0.407 e. The lowest BCUT2D eigenvalue weighted by molar-refractivity contribution is -0.109. The average molecular weight is 470 g/mol. The molecule has 0 radical (unpaired) electrons. The summed E-state index contributed by atoms with van der Waals surface area (Å²) in [5.74, 6) is 0.638. The van der Waals surface area contributed by atoms with Gasteiger partial charge in [-0.1, -0.05) is 88.6 Å². The zero-order chi connectivity index (χ0) is 23.5. The molecule has 1 N–H and O–H groups in total. The molecular weight excluding hydrogens is 422 g/mol. The maximum atomic E-state index is 11.3. The van der Waals surface area contributed by atoms with Crippen LogP contribution >= 0.6 is 11.8 Å². The normalized spacial score (nSPS) is 15.2. The lowest BCUT2D eigenvalue weighted by atomic mass is 9.83. The lowest BCUT2D eigenvalue weighted by Crippen LogP contribution is -2.61. The number of carboxylic acid groups (broad SMARTS) is 1. The van der Waals surface area contributed by atoms with E-state index in [0.29, 0.717) is 25.4 Å². The smallest absolute Gasteiger partial charge is 0.407 e. The second kappa shape index (κ2) is 18.4. The molecule has 32 heavy (non-hydrogen) atoms. The minimum atomic E-state index is -0.887. The van der Waals surface area contributed by atoms with Crippen LogP contribution in [0, 0.1) is 5.41 Å². The van der Waals surface area contributed by atoms with Crippen molar-refractivity contribution in [1.29, 1.82) is 0 Å². The number of hydrogen-bond donors (Lipinski definition) is 1. The number of carbonyl (C=O) groups is 2. The molecule has 5 nitrogen and oxygen atoms in total. The minimum Gasteiger partial charge on any atom is -0.465 e. The molecule has 1 aliphatic heterocycles. The number of unbranched alkanes of at least 4 members (excludes halogenated alkanes) is 12. The summed E-state index contributed by atoms with van der Waals surface area (Å²) in [5, 5.41) is 9.15. The Hall–Kier alpha value is -1.01.